The lowest BCUT2D eigenvalue weighted by molar-refractivity contribution is 0.185. The number of hydrogen-bond acceptors (Lipinski definition) is 2. The minimum atomic E-state index is 0.373. The number of rotatable bonds is 3. The predicted octanol–water partition coefficient (Wildman–Crippen LogP) is 2.10. The van der Waals surface area contributed by atoms with E-state index in [1.54, 1.807) is 13.2 Å². The summed E-state index contributed by atoms with van der Waals surface area (Å²) in [6.07, 6.45) is 0.851. The molecular formula is C10H14O2. The summed E-state index contributed by atoms with van der Waals surface area (Å²) in [6, 6.07) is 5.56. The molecule has 1 aromatic carbocycles. The number of aromatic hydroxyl groups is 1. The molecule has 0 heterocycles. The van der Waals surface area contributed by atoms with Crippen LogP contribution in [-0.2, 0) is 17.8 Å². The van der Waals surface area contributed by atoms with Crippen LogP contribution >= 0.6 is 0 Å². The predicted molar refractivity (Wildman–Crippen MR) is 48.2 cm³/mol. The Morgan fingerprint density at radius 3 is 2.75 bits per heavy atom. The van der Waals surface area contributed by atoms with Gasteiger partial charge in [0.05, 0.1) is 6.61 Å². The van der Waals surface area contributed by atoms with Gasteiger partial charge in [-0.05, 0) is 29.7 Å². The monoisotopic (exact) mass is 166 g/mol. The van der Waals surface area contributed by atoms with Gasteiger partial charge in [0, 0.05) is 7.11 Å². The molecule has 0 saturated carbocycles. The Balaban J connectivity index is 2.89. The van der Waals surface area contributed by atoms with Gasteiger partial charge in [-0.1, -0.05) is 13.0 Å². The molecule has 2 heteroatoms. The van der Waals surface area contributed by atoms with Gasteiger partial charge in [-0.25, -0.2) is 0 Å². The summed E-state index contributed by atoms with van der Waals surface area (Å²) in [5.74, 6) is 0.373. The zero-order valence-electron chi connectivity index (χ0n) is 7.50. The third kappa shape index (κ3) is 1.98. The van der Waals surface area contributed by atoms with Crippen LogP contribution in [0.5, 0.6) is 5.75 Å². The van der Waals surface area contributed by atoms with E-state index in [1.165, 1.54) is 0 Å². The molecule has 2 nitrogen and oxygen atoms in total. The summed E-state index contributed by atoms with van der Waals surface area (Å²) in [5.41, 5.74) is 2.08. The first-order valence-electron chi connectivity index (χ1n) is 4.07. The largest absolute Gasteiger partial charge is 0.508 e. The summed E-state index contributed by atoms with van der Waals surface area (Å²) >= 11 is 0. The maximum Gasteiger partial charge on any atom is 0.118 e. The number of aryl methyl sites for hydroxylation is 1. The quantitative estimate of drug-likeness (QED) is 0.745. The highest BCUT2D eigenvalue weighted by molar-refractivity contribution is 5.35. The smallest absolute Gasteiger partial charge is 0.118 e. The molecule has 0 atom stereocenters. The lowest BCUT2D eigenvalue weighted by atomic mass is 10.1. The second-order valence-corrected chi connectivity index (χ2v) is 2.75. The van der Waals surface area contributed by atoms with Gasteiger partial charge in [0.25, 0.3) is 0 Å². The number of ether oxygens (including phenoxy) is 1. The summed E-state index contributed by atoms with van der Waals surface area (Å²) in [7, 11) is 1.67. The molecule has 0 saturated heterocycles. The van der Waals surface area contributed by atoms with Crippen molar-refractivity contribution in [2.75, 3.05) is 7.11 Å². The number of phenolic OH excluding ortho intramolecular Hbond substituents is 1. The molecule has 0 fully saturated rings. The van der Waals surface area contributed by atoms with Crippen molar-refractivity contribution in [1.82, 2.24) is 0 Å². The van der Waals surface area contributed by atoms with Crippen LogP contribution in [0.2, 0.25) is 0 Å². The fraction of sp³-hybridized carbons (Fsp3) is 0.400. The van der Waals surface area contributed by atoms with E-state index in [9.17, 15) is 5.11 Å². The Morgan fingerprint density at radius 2 is 2.17 bits per heavy atom. The molecule has 0 aliphatic rings. The van der Waals surface area contributed by atoms with E-state index < -0.39 is 0 Å². The molecule has 1 rings (SSSR count). The highest BCUT2D eigenvalue weighted by Gasteiger charge is 1.99. The molecular weight excluding hydrogens is 152 g/mol. The van der Waals surface area contributed by atoms with Crippen LogP contribution in [0.25, 0.3) is 0 Å². The minimum Gasteiger partial charge on any atom is -0.508 e. The zero-order valence-corrected chi connectivity index (χ0v) is 7.50. The first-order valence-corrected chi connectivity index (χ1v) is 4.07. The molecule has 0 bridgehead atoms. The number of benzene rings is 1. The summed E-state index contributed by atoms with van der Waals surface area (Å²) < 4.78 is 4.99. The lowest BCUT2D eigenvalue weighted by Crippen LogP contribution is -1.89. The number of hydrogen-bond donors (Lipinski definition) is 1. The SMILES string of the molecule is CCc1cc(COC)ccc1O. The van der Waals surface area contributed by atoms with Gasteiger partial charge in [-0.3, -0.25) is 0 Å². The van der Waals surface area contributed by atoms with Crippen molar-refractivity contribution in [3.63, 3.8) is 0 Å². The fourth-order valence-corrected chi connectivity index (χ4v) is 1.18. The third-order valence-electron chi connectivity index (χ3n) is 1.84. The van der Waals surface area contributed by atoms with Crippen molar-refractivity contribution < 1.29 is 9.84 Å². The summed E-state index contributed by atoms with van der Waals surface area (Å²) in [6.45, 7) is 2.62. The van der Waals surface area contributed by atoms with E-state index in [-0.39, 0.29) is 0 Å². The zero-order chi connectivity index (χ0) is 8.97. The molecule has 0 spiro atoms. The maximum atomic E-state index is 9.36. The lowest BCUT2D eigenvalue weighted by Gasteiger charge is -2.04. The minimum absolute atomic E-state index is 0.373. The van der Waals surface area contributed by atoms with Crippen molar-refractivity contribution >= 4 is 0 Å². The molecule has 0 amide bonds. The molecule has 66 valence electrons. The van der Waals surface area contributed by atoms with Gasteiger partial charge in [-0.2, -0.15) is 0 Å². The van der Waals surface area contributed by atoms with E-state index in [0.717, 1.165) is 17.5 Å². The highest BCUT2D eigenvalue weighted by Crippen LogP contribution is 2.19. The number of phenols is 1. The second kappa shape index (κ2) is 4.12. The Labute approximate surface area is 72.8 Å². The van der Waals surface area contributed by atoms with E-state index >= 15 is 0 Å². The molecule has 1 N–H and O–H groups in total. The van der Waals surface area contributed by atoms with Gasteiger partial charge in [-0.15, -0.1) is 0 Å². The van der Waals surface area contributed by atoms with Gasteiger partial charge in [0.2, 0.25) is 0 Å². The van der Waals surface area contributed by atoms with Crippen LogP contribution in [0, 0.1) is 0 Å². The molecule has 0 aliphatic carbocycles. The number of methoxy groups -OCH3 is 1. The Kier molecular flexibility index (Phi) is 3.11. The van der Waals surface area contributed by atoms with Gasteiger partial charge in [0.1, 0.15) is 5.75 Å². The van der Waals surface area contributed by atoms with Gasteiger partial charge < -0.3 is 9.84 Å². The third-order valence-corrected chi connectivity index (χ3v) is 1.84. The van der Waals surface area contributed by atoms with Crippen LogP contribution in [0.3, 0.4) is 0 Å². The maximum absolute atomic E-state index is 9.36. The van der Waals surface area contributed by atoms with Crippen molar-refractivity contribution in [2.24, 2.45) is 0 Å². The van der Waals surface area contributed by atoms with Crippen LogP contribution in [0.1, 0.15) is 18.1 Å². The van der Waals surface area contributed by atoms with Crippen LogP contribution in [0.4, 0.5) is 0 Å². The molecule has 0 aromatic heterocycles. The standard InChI is InChI=1S/C10H14O2/c1-3-9-6-8(7-12-2)4-5-10(9)11/h4-6,11H,3,7H2,1-2H3. The van der Waals surface area contributed by atoms with Crippen molar-refractivity contribution in [3.8, 4) is 5.75 Å². The van der Waals surface area contributed by atoms with Crippen LogP contribution in [-0.4, -0.2) is 12.2 Å². The van der Waals surface area contributed by atoms with E-state index in [0.29, 0.717) is 12.4 Å². The highest BCUT2D eigenvalue weighted by atomic mass is 16.5. The van der Waals surface area contributed by atoms with E-state index in [4.69, 9.17) is 4.74 Å². The summed E-state index contributed by atoms with van der Waals surface area (Å²) in [4.78, 5) is 0. The van der Waals surface area contributed by atoms with E-state index in [1.807, 2.05) is 19.1 Å². The van der Waals surface area contributed by atoms with Crippen molar-refractivity contribution in [2.45, 2.75) is 20.0 Å². The summed E-state index contributed by atoms with van der Waals surface area (Å²) in [5, 5.41) is 9.36. The Bertz CT molecular complexity index is 256. The molecule has 0 aliphatic heterocycles. The van der Waals surface area contributed by atoms with Gasteiger partial charge in [0.15, 0.2) is 0 Å². The van der Waals surface area contributed by atoms with Crippen LogP contribution < -0.4 is 0 Å². The van der Waals surface area contributed by atoms with Crippen molar-refractivity contribution in [1.29, 1.82) is 0 Å². The normalized spacial score (nSPS) is 10.2. The molecule has 12 heavy (non-hydrogen) atoms. The topological polar surface area (TPSA) is 29.5 Å². The molecule has 0 unspecified atom stereocenters. The van der Waals surface area contributed by atoms with Crippen LogP contribution in [0.15, 0.2) is 18.2 Å². The van der Waals surface area contributed by atoms with Crippen molar-refractivity contribution in [3.05, 3.63) is 29.3 Å². The Morgan fingerprint density at radius 1 is 1.42 bits per heavy atom. The molecule has 0 radical (unpaired) electrons. The first-order chi connectivity index (χ1) is 5.77. The average molecular weight is 166 g/mol. The average Bonchev–Trinajstić information content (AvgIpc) is 2.09. The first kappa shape index (κ1) is 9.07. The molecule has 1 aromatic rings. The van der Waals surface area contributed by atoms with E-state index in [2.05, 4.69) is 0 Å². The Hall–Kier alpha value is -1.02. The second-order valence-electron chi connectivity index (χ2n) is 2.75. The van der Waals surface area contributed by atoms with Gasteiger partial charge >= 0.3 is 0 Å². The fourth-order valence-electron chi connectivity index (χ4n) is 1.18.